The molecule has 9 nitrogen and oxygen atoms in total. The van der Waals surface area contributed by atoms with E-state index in [4.69, 9.17) is 14.6 Å². The molecule has 4 amide bonds. The van der Waals surface area contributed by atoms with Crippen LogP contribution in [0.15, 0.2) is 66.7 Å². The summed E-state index contributed by atoms with van der Waals surface area (Å²) >= 11 is 1.95. The Morgan fingerprint density at radius 1 is 1.16 bits per heavy atom. The predicted molar refractivity (Wildman–Crippen MR) is 145 cm³/mol. The van der Waals surface area contributed by atoms with Crippen molar-refractivity contribution in [3.05, 3.63) is 87.2 Å². The molecule has 0 aromatic heterocycles. The maximum Gasteiger partial charge on any atom is 0.325 e. The maximum absolute atomic E-state index is 14.5. The van der Waals surface area contributed by atoms with Crippen LogP contribution in [0.2, 0.25) is 0 Å². The lowest BCUT2D eigenvalue weighted by Gasteiger charge is -2.25. The van der Waals surface area contributed by atoms with E-state index in [1.165, 1.54) is 19.2 Å². The molecule has 3 N–H and O–H groups in total. The van der Waals surface area contributed by atoms with Crippen LogP contribution in [0, 0.1) is 9.39 Å². The van der Waals surface area contributed by atoms with Gasteiger partial charge in [0.05, 0.1) is 19.4 Å². The van der Waals surface area contributed by atoms with Crippen molar-refractivity contribution < 1.29 is 33.4 Å². The zero-order chi connectivity index (χ0) is 27.2. The second kappa shape index (κ2) is 12.2. The number of amides is 4. The molecular formula is C27H25FIN3O6. The highest BCUT2D eigenvalue weighted by molar-refractivity contribution is 14.1. The molecule has 1 fully saturated rings. The van der Waals surface area contributed by atoms with E-state index in [2.05, 4.69) is 10.6 Å². The van der Waals surface area contributed by atoms with Crippen LogP contribution in [-0.4, -0.2) is 54.2 Å². The van der Waals surface area contributed by atoms with Gasteiger partial charge in [-0.15, -0.1) is 0 Å². The van der Waals surface area contributed by atoms with Crippen molar-refractivity contribution in [2.45, 2.75) is 18.5 Å². The average molecular weight is 633 g/mol. The molecule has 11 heteroatoms. The van der Waals surface area contributed by atoms with E-state index in [1.807, 2.05) is 22.6 Å². The summed E-state index contributed by atoms with van der Waals surface area (Å²) in [6.07, 6.45) is -0.0539. The molecule has 2 atom stereocenters. The molecule has 0 aliphatic carbocycles. The molecule has 3 aromatic rings. The minimum atomic E-state index is -1.30. The second-order valence-electron chi connectivity index (χ2n) is 8.38. The second-order valence-corrected chi connectivity index (χ2v) is 9.62. The van der Waals surface area contributed by atoms with E-state index in [0.717, 1.165) is 4.90 Å². The summed E-state index contributed by atoms with van der Waals surface area (Å²) in [7, 11) is 1.48. The number of carbonyl (C=O) groups excluding carboxylic acids is 3. The number of nitrogens with one attached hydrogen (secondary N) is 2. The Labute approximate surface area is 232 Å². The molecule has 4 rings (SSSR count). The van der Waals surface area contributed by atoms with Gasteiger partial charge in [-0.1, -0.05) is 30.3 Å². The first-order valence-corrected chi connectivity index (χ1v) is 12.7. The van der Waals surface area contributed by atoms with Gasteiger partial charge in [-0.2, -0.15) is 0 Å². The number of benzene rings is 3. The molecule has 0 saturated carbocycles. The van der Waals surface area contributed by atoms with Crippen LogP contribution in [0.25, 0.3) is 0 Å². The average Bonchev–Trinajstić information content (AvgIpc) is 3.21. The zero-order valence-corrected chi connectivity index (χ0v) is 22.5. The van der Waals surface area contributed by atoms with Gasteiger partial charge in [0.25, 0.3) is 5.91 Å². The lowest BCUT2D eigenvalue weighted by Crippen LogP contribution is -2.49. The summed E-state index contributed by atoms with van der Waals surface area (Å²) in [5, 5.41) is 14.1. The van der Waals surface area contributed by atoms with Crippen molar-refractivity contribution in [1.29, 1.82) is 0 Å². The molecular weight excluding hydrogens is 608 g/mol. The molecule has 1 aliphatic heterocycles. The number of para-hydroxylation sites is 1. The fourth-order valence-electron chi connectivity index (χ4n) is 4.12. The lowest BCUT2D eigenvalue weighted by molar-refractivity contribution is -0.134. The number of hydrogen-bond acceptors (Lipinski definition) is 6. The number of carbonyl (C=O) groups is 3. The predicted octanol–water partition coefficient (Wildman–Crippen LogP) is 3.65. The van der Waals surface area contributed by atoms with E-state index in [1.54, 1.807) is 54.6 Å². The van der Waals surface area contributed by atoms with E-state index < -0.39 is 35.7 Å². The molecule has 3 aromatic carbocycles. The van der Waals surface area contributed by atoms with Crippen molar-refractivity contribution in [3.63, 3.8) is 0 Å². The van der Waals surface area contributed by atoms with E-state index in [-0.39, 0.29) is 25.3 Å². The first-order valence-electron chi connectivity index (χ1n) is 11.7. The Balaban J connectivity index is 1.64. The van der Waals surface area contributed by atoms with Gasteiger partial charge in [0.2, 0.25) is 5.91 Å². The first-order chi connectivity index (χ1) is 18.3. The van der Waals surface area contributed by atoms with Gasteiger partial charge in [0.1, 0.15) is 36.0 Å². The van der Waals surface area contributed by atoms with E-state index in [0.29, 0.717) is 26.2 Å². The number of nitrogens with zero attached hydrogens (tertiary/aromatic N) is 1. The standard InChI is InChI=1S/C27H25FIN3O6/c1-37-23-5-3-2-4-17(23)14-22(25(34)30-21-11-8-18(29)15-20(21)28)32-26(35)24(31-27(32)36)16-6-9-19(10-7-16)38-13-12-33/h2-11,15,22,24,33H,12-14H2,1H3,(H,30,34)(H,31,36). The van der Waals surface area contributed by atoms with Crippen molar-refractivity contribution >= 4 is 46.1 Å². The van der Waals surface area contributed by atoms with Crippen LogP contribution < -0.4 is 20.1 Å². The number of urea groups is 1. The summed E-state index contributed by atoms with van der Waals surface area (Å²) in [5.41, 5.74) is 1.01. The quantitative estimate of drug-likeness (QED) is 0.232. The van der Waals surface area contributed by atoms with E-state index in [9.17, 15) is 18.8 Å². The molecule has 38 heavy (non-hydrogen) atoms. The topological polar surface area (TPSA) is 117 Å². The Morgan fingerprint density at radius 2 is 1.89 bits per heavy atom. The third-order valence-corrected chi connectivity index (χ3v) is 6.62. The maximum atomic E-state index is 14.5. The first kappa shape index (κ1) is 27.3. The largest absolute Gasteiger partial charge is 0.496 e. The fourth-order valence-corrected chi connectivity index (χ4v) is 4.58. The van der Waals surface area contributed by atoms with Crippen LogP contribution in [0.4, 0.5) is 14.9 Å². The third kappa shape index (κ3) is 6.05. The number of rotatable bonds is 10. The van der Waals surface area contributed by atoms with Gasteiger partial charge in [0, 0.05) is 9.99 Å². The number of aliphatic hydroxyl groups is 1. The SMILES string of the molecule is COc1ccccc1CC(C(=O)Nc1ccc(I)cc1F)N1C(=O)NC(c2ccc(OCCO)cc2)C1=O. The summed E-state index contributed by atoms with van der Waals surface area (Å²) in [6, 6.07) is 14.7. The van der Waals surface area contributed by atoms with Gasteiger partial charge >= 0.3 is 6.03 Å². The Bertz CT molecular complexity index is 1340. The minimum absolute atomic E-state index is 0.0539. The monoisotopic (exact) mass is 633 g/mol. The number of anilines is 1. The molecule has 1 heterocycles. The van der Waals surface area contributed by atoms with Crippen LogP contribution in [0.1, 0.15) is 17.2 Å². The molecule has 0 spiro atoms. The van der Waals surface area contributed by atoms with Crippen molar-refractivity contribution in [2.24, 2.45) is 0 Å². The Kier molecular flexibility index (Phi) is 8.79. The van der Waals surface area contributed by atoms with E-state index >= 15 is 0 Å². The number of ether oxygens (including phenoxy) is 2. The summed E-state index contributed by atoms with van der Waals surface area (Å²) in [6.45, 7) is -0.0250. The number of hydrogen-bond donors (Lipinski definition) is 3. The zero-order valence-electron chi connectivity index (χ0n) is 20.3. The Morgan fingerprint density at radius 3 is 2.58 bits per heavy atom. The van der Waals surface area contributed by atoms with Crippen LogP contribution in [0.5, 0.6) is 11.5 Å². The smallest absolute Gasteiger partial charge is 0.325 e. The molecule has 1 saturated heterocycles. The molecule has 1 aliphatic rings. The highest BCUT2D eigenvalue weighted by Gasteiger charge is 2.45. The Hall–Kier alpha value is -3.71. The van der Waals surface area contributed by atoms with Crippen molar-refractivity contribution in [1.82, 2.24) is 10.2 Å². The molecule has 198 valence electrons. The van der Waals surface area contributed by atoms with Gasteiger partial charge in [-0.3, -0.25) is 9.59 Å². The summed E-state index contributed by atoms with van der Waals surface area (Å²) in [5.74, 6) is -1.03. The lowest BCUT2D eigenvalue weighted by atomic mass is 10.0. The molecule has 0 radical (unpaired) electrons. The van der Waals surface area contributed by atoms with Crippen LogP contribution in [-0.2, 0) is 16.0 Å². The molecule has 2 unspecified atom stereocenters. The highest BCUT2D eigenvalue weighted by atomic mass is 127. The minimum Gasteiger partial charge on any atom is -0.496 e. The number of aliphatic hydroxyl groups excluding tert-OH is 1. The number of halogens is 2. The number of imide groups is 1. The normalized spacial score (nSPS) is 15.7. The highest BCUT2D eigenvalue weighted by Crippen LogP contribution is 2.29. The van der Waals surface area contributed by atoms with Crippen LogP contribution in [0.3, 0.4) is 0 Å². The fraction of sp³-hybridized carbons (Fsp3) is 0.222. The van der Waals surface area contributed by atoms with Crippen LogP contribution >= 0.6 is 22.6 Å². The third-order valence-electron chi connectivity index (χ3n) is 5.95. The van der Waals surface area contributed by atoms with Gasteiger partial charge in [0.15, 0.2) is 0 Å². The van der Waals surface area contributed by atoms with Gasteiger partial charge < -0.3 is 25.2 Å². The van der Waals surface area contributed by atoms with Gasteiger partial charge in [-0.25, -0.2) is 14.1 Å². The summed E-state index contributed by atoms with van der Waals surface area (Å²) in [4.78, 5) is 41.0. The van der Waals surface area contributed by atoms with Gasteiger partial charge in [-0.05, 0) is 70.1 Å². The molecule has 0 bridgehead atoms. The number of methoxy groups -OCH3 is 1. The van der Waals surface area contributed by atoms with Crippen molar-refractivity contribution in [2.75, 3.05) is 25.6 Å². The van der Waals surface area contributed by atoms with Crippen molar-refractivity contribution in [3.8, 4) is 11.5 Å². The summed E-state index contributed by atoms with van der Waals surface area (Å²) < 4.78 is 25.9.